The first-order valence-electron chi connectivity index (χ1n) is 5.98. The summed E-state index contributed by atoms with van der Waals surface area (Å²) in [6.45, 7) is 4.59. The van der Waals surface area contributed by atoms with Crippen LogP contribution >= 0.6 is 0 Å². The number of esters is 1. The van der Waals surface area contributed by atoms with Crippen LogP contribution in [0.5, 0.6) is 0 Å². The van der Waals surface area contributed by atoms with Crippen LogP contribution in [0.3, 0.4) is 0 Å². The van der Waals surface area contributed by atoms with Crippen LogP contribution in [0.25, 0.3) is 0 Å². The molecule has 0 unspecified atom stereocenters. The number of Topliss-reactive ketones (excluding diaryl/α,β-unsaturated/α-hetero) is 1. The number of carbonyl (C=O) groups is 2. The van der Waals surface area contributed by atoms with Crippen molar-refractivity contribution in [3.63, 3.8) is 0 Å². The van der Waals surface area contributed by atoms with Gasteiger partial charge < -0.3 is 14.2 Å². The molecule has 0 aromatic carbocycles. The van der Waals surface area contributed by atoms with E-state index in [1.807, 2.05) is 13.8 Å². The molecule has 0 N–H and O–H groups in total. The second kappa shape index (κ2) is 10.8. The lowest BCUT2D eigenvalue weighted by atomic mass is 10.2. The predicted octanol–water partition coefficient (Wildman–Crippen LogP) is 1.30. The number of hydrogen-bond donors (Lipinski definition) is 0. The summed E-state index contributed by atoms with van der Waals surface area (Å²) in [6.07, 6.45) is 0.232. The Labute approximate surface area is 108 Å². The third-order valence-corrected chi connectivity index (χ3v) is 1.98. The van der Waals surface area contributed by atoms with Gasteiger partial charge in [-0.05, 0) is 32.1 Å². The highest BCUT2D eigenvalue weighted by atomic mass is 16.7. The van der Waals surface area contributed by atoms with Gasteiger partial charge in [0, 0.05) is 26.1 Å². The molecular weight excluding hydrogens is 236 g/mol. The Balaban J connectivity index is 4.01. The molecule has 0 rings (SSSR count). The summed E-state index contributed by atoms with van der Waals surface area (Å²) in [7, 11) is 1.32. The molecule has 0 aromatic rings. The summed E-state index contributed by atoms with van der Waals surface area (Å²) in [4.78, 5) is 22.2. The fourth-order valence-electron chi connectivity index (χ4n) is 1.13. The van der Waals surface area contributed by atoms with Crippen LogP contribution in [-0.2, 0) is 23.8 Å². The van der Waals surface area contributed by atoms with Crippen LogP contribution in [0.2, 0.25) is 0 Å². The molecule has 0 saturated carbocycles. The summed E-state index contributed by atoms with van der Waals surface area (Å²) in [5.41, 5.74) is 0. The molecule has 0 aliphatic carbocycles. The lowest BCUT2D eigenvalue weighted by molar-refractivity contribution is -0.140. The van der Waals surface area contributed by atoms with Crippen LogP contribution in [0.15, 0.2) is 0 Å². The van der Waals surface area contributed by atoms with E-state index in [2.05, 4.69) is 16.6 Å². The molecule has 0 aromatic heterocycles. The highest BCUT2D eigenvalue weighted by Crippen LogP contribution is 1.98. The van der Waals surface area contributed by atoms with Gasteiger partial charge in [-0.3, -0.25) is 9.59 Å². The van der Waals surface area contributed by atoms with E-state index in [1.165, 1.54) is 7.11 Å². The molecule has 0 fully saturated rings. The summed E-state index contributed by atoms with van der Waals surface area (Å²) in [5, 5.41) is 0. The predicted molar refractivity (Wildman–Crippen MR) is 65.7 cm³/mol. The highest BCUT2D eigenvalue weighted by Gasteiger charge is 2.05. The van der Waals surface area contributed by atoms with Crippen molar-refractivity contribution in [2.45, 2.75) is 39.4 Å². The number of rotatable bonds is 8. The molecule has 0 aliphatic rings. The molecule has 0 amide bonds. The van der Waals surface area contributed by atoms with E-state index in [4.69, 9.17) is 9.47 Å². The van der Waals surface area contributed by atoms with E-state index in [1.54, 1.807) is 0 Å². The van der Waals surface area contributed by atoms with Crippen LogP contribution in [0.1, 0.15) is 33.1 Å². The van der Waals surface area contributed by atoms with Gasteiger partial charge in [0.2, 0.25) is 12.1 Å². The maximum Gasteiger partial charge on any atom is 0.305 e. The number of carbonyl (C=O) groups excluding carboxylic acids is 2. The van der Waals surface area contributed by atoms with Crippen LogP contribution in [0.4, 0.5) is 0 Å². The maximum atomic E-state index is 11.4. The zero-order valence-corrected chi connectivity index (χ0v) is 11.2. The fourth-order valence-corrected chi connectivity index (χ4v) is 1.13. The first-order valence-corrected chi connectivity index (χ1v) is 5.98. The van der Waals surface area contributed by atoms with Gasteiger partial charge in [-0.2, -0.15) is 0 Å². The minimum atomic E-state index is -0.662. The summed E-state index contributed by atoms with van der Waals surface area (Å²) in [5.74, 6) is 4.51. The van der Waals surface area contributed by atoms with Gasteiger partial charge in [0.1, 0.15) is 0 Å². The van der Waals surface area contributed by atoms with Crippen molar-refractivity contribution in [3.8, 4) is 11.8 Å². The Bertz CT molecular complexity index is 307. The Kier molecular flexibility index (Phi) is 9.93. The van der Waals surface area contributed by atoms with E-state index < -0.39 is 6.29 Å². The van der Waals surface area contributed by atoms with Crippen molar-refractivity contribution in [2.75, 3.05) is 20.3 Å². The second-order valence-corrected chi connectivity index (χ2v) is 3.36. The molecule has 0 bridgehead atoms. The number of hydrogen-bond acceptors (Lipinski definition) is 5. The van der Waals surface area contributed by atoms with Gasteiger partial charge in [0.05, 0.1) is 7.11 Å². The van der Waals surface area contributed by atoms with Gasteiger partial charge >= 0.3 is 5.97 Å². The largest absolute Gasteiger partial charge is 0.469 e. The summed E-state index contributed by atoms with van der Waals surface area (Å²) >= 11 is 0. The average molecular weight is 256 g/mol. The van der Waals surface area contributed by atoms with Crippen molar-refractivity contribution in [1.82, 2.24) is 0 Å². The molecule has 18 heavy (non-hydrogen) atoms. The SMILES string of the molecule is CCOC(C#CC(=O)CCCC(=O)OC)OCC. The van der Waals surface area contributed by atoms with Crippen LogP contribution < -0.4 is 0 Å². The quantitative estimate of drug-likeness (QED) is 0.283. The normalized spacial score (nSPS) is 9.78. The number of ketones is 1. The first-order chi connectivity index (χ1) is 8.63. The van der Waals surface area contributed by atoms with Crippen LogP contribution in [-0.4, -0.2) is 38.4 Å². The van der Waals surface area contributed by atoms with Gasteiger partial charge in [0.25, 0.3) is 0 Å². The molecule has 5 nitrogen and oxygen atoms in total. The topological polar surface area (TPSA) is 61.8 Å². The Hall–Kier alpha value is -1.38. The van der Waals surface area contributed by atoms with Crippen molar-refractivity contribution in [3.05, 3.63) is 0 Å². The molecular formula is C13H20O5. The third kappa shape index (κ3) is 8.74. The van der Waals surface area contributed by atoms with Crippen LogP contribution in [0, 0.1) is 11.8 Å². The standard InChI is InChI=1S/C13H20O5/c1-4-17-13(18-5-2)10-9-11(14)7-6-8-12(15)16-3/h13H,4-8H2,1-3H3. The van der Waals surface area contributed by atoms with E-state index in [0.717, 1.165) is 0 Å². The van der Waals surface area contributed by atoms with E-state index >= 15 is 0 Å². The number of ether oxygens (including phenoxy) is 3. The molecule has 0 heterocycles. The van der Waals surface area contributed by atoms with E-state index in [-0.39, 0.29) is 24.6 Å². The van der Waals surface area contributed by atoms with Crippen molar-refractivity contribution < 1.29 is 23.8 Å². The zero-order chi connectivity index (χ0) is 13.8. The summed E-state index contributed by atoms with van der Waals surface area (Å²) < 4.78 is 14.8. The minimum absolute atomic E-state index is 0.226. The van der Waals surface area contributed by atoms with Crippen molar-refractivity contribution in [2.24, 2.45) is 0 Å². The third-order valence-electron chi connectivity index (χ3n) is 1.98. The maximum absolute atomic E-state index is 11.4. The smallest absolute Gasteiger partial charge is 0.305 e. The van der Waals surface area contributed by atoms with Gasteiger partial charge in [-0.1, -0.05) is 0 Å². The van der Waals surface area contributed by atoms with E-state index in [0.29, 0.717) is 19.6 Å². The molecule has 0 aliphatic heterocycles. The number of methoxy groups -OCH3 is 1. The fraction of sp³-hybridized carbons (Fsp3) is 0.692. The Morgan fingerprint density at radius 3 is 2.22 bits per heavy atom. The second-order valence-electron chi connectivity index (χ2n) is 3.36. The summed E-state index contributed by atoms with van der Waals surface area (Å²) in [6, 6.07) is 0. The molecule has 0 atom stereocenters. The van der Waals surface area contributed by atoms with Gasteiger partial charge in [0.15, 0.2) is 0 Å². The molecule has 0 radical (unpaired) electrons. The van der Waals surface area contributed by atoms with Gasteiger partial charge in [-0.15, -0.1) is 0 Å². The zero-order valence-electron chi connectivity index (χ0n) is 11.2. The average Bonchev–Trinajstić information content (AvgIpc) is 2.36. The molecule has 5 heteroatoms. The van der Waals surface area contributed by atoms with E-state index in [9.17, 15) is 9.59 Å². The highest BCUT2D eigenvalue weighted by molar-refractivity contribution is 5.95. The molecule has 102 valence electrons. The minimum Gasteiger partial charge on any atom is -0.469 e. The van der Waals surface area contributed by atoms with Crippen molar-refractivity contribution in [1.29, 1.82) is 0 Å². The monoisotopic (exact) mass is 256 g/mol. The lowest BCUT2D eigenvalue weighted by Gasteiger charge is -2.09. The van der Waals surface area contributed by atoms with Crippen molar-refractivity contribution >= 4 is 11.8 Å². The molecule has 0 saturated heterocycles. The Morgan fingerprint density at radius 2 is 1.72 bits per heavy atom. The van der Waals surface area contributed by atoms with Gasteiger partial charge in [-0.25, -0.2) is 0 Å². The molecule has 0 spiro atoms. The first kappa shape index (κ1) is 16.6. The Morgan fingerprint density at radius 1 is 1.11 bits per heavy atom. The lowest BCUT2D eigenvalue weighted by Crippen LogP contribution is -2.15.